The van der Waals surface area contributed by atoms with Crippen LogP contribution in [0.4, 0.5) is 34.3 Å². The maximum atomic E-state index is 4.54. The molecule has 0 radical (unpaired) electrons. The number of nitrogens with zero attached hydrogens (tertiary/aromatic N) is 4. The van der Waals surface area contributed by atoms with Gasteiger partial charge in [-0.2, -0.15) is 0 Å². The molecule has 0 atom stereocenters. The van der Waals surface area contributed by atoms with Crippen molar-refractivity contribution in [2.75, 3.05) is 28.4 Å². The van der Waals surface area contributed by atoms with Gasteiger partial charge in [-0.3, -0.25) is 0 Å². The fourth-order valence-electron chi connectivity index (χ4n) is 3.87. The van der Waals surface area contributed by atoms with Crippen molar-refractivity contribution in [2.45, 2.75) is 0 Å². The molecule has 1 aromatic heterocycles. The fraction of sp³-hybridized carbons (Fsp3) is 0.0800. The molecule has 5 rings (SSSR count). The van der Waals surface area contributed by atoms with Crippen molar-refractivity contribution in [1.29, 1.82) is 0 Å². The smallest absolute Gasteiger partial charge is 0.153 e. The Balaban J connectivity index is 1.59. The topological polar surface area (TPSA) is 22.6 Å². The Bertz CT molecular complexity index is 1070. The van der Waals surface area contributed by atoms with Crippen LogP contribution < -0.4 is 14.7 Å². The van der Waals surface area contributed by atoms with Crippen LogP contribution in [0.1, 0.15) is 0 Å². The molecule has 142 valence electrons. The molecule has 1 aliphatic heterocycles. The minimum Gasteiger partial charge on any atom is -0.340 e. The van der Waals surface area contributed by atoms with Crippen molar-refractivity contribution in [2.24, 2.45) is 0 Å². The number of rotatable bonds is 4. The number of hydrogen-bond donors (Lipinski definition) is 0. The largest absolute Gasteiger partial charge is 0.340 e. The minimum atomic E-state index is 0.784. The van der Waals surface area contributed by atoms with E-state index in [1.807, 2.05) is 24.4 Å². The summed E-state index contributed by atoms with van der Waals surface area (Å²) in [6.45, 7) is 0.784. The van der Waals surface area contributed by atoms with Gasteiger partial charge in [-0.15, -0.1) is 0 Å². The van der Waals surface area contributed by atoms with Gasteiger partial charge in [0.05, 0.1) is 12.4 Å². The quantitative estimate of drug-likeness (QED) is 0.428. The van der Waals surface area contributed by atoms with Crippen LogP contribution in [0.5, 0.6) is 0 Å². The highest BCUT2D eigenvalue weighted by atomic mass is 15.4. The zero-order valence-electron chi connectivity index (χ0n) is 16.3. The first-order valence-corrected chi connectivity index (χ1v) is 9.75. The molecule has 0 bridgehead atoms. The summed E-state index contributed by atoms with van der Waals surface area (Å²) >= 11 is 0. The Labute approximate surface area is 171 Å². The van der Waals surface area contributed by atoms with Gasteiger partial charge in [0.1, 0.15) is 0 Å². The number of para-hydroxylation sites is 2. The third kappa shape index (κ3) is 3.19. The summed E-state index contributed by atoms with van der Waals surface area (Å²) < 4.78 is 0. The van der Waals surface area contributed by atoms with E-state index in [-0.39, 0.29) is 0 Å². The average molecular weight is 378 g/mol. The molecule has 0 N–H and O–H groups in total. The second kappa shape index (κ2) is 7.32. The van der Waals surface area contributed by atoms with Gasteiger partial charge in [-0.25, -0.2) is 4.98 Å². The van der Waals surface area contributed by atoms with E-state index in [4.69, 9.17) is 0 Å². The molecule has 0 saturated carbocycles. The first kappa shape index (κ1) is 17.3. The van der Waals surface area contributed by atoms with Crippen LogP contribution in [0.15, 0.2) is 103 Å². The number of anilines is 6. The van der Waals surface area contributed by atoms with Gasteiger partial charge in [0.2, 0.25) is 0 Å². The van der Waals surface area contributed by atoms with E-state index >= 15 is 0 Å². The van der Waals surface area contributed by atoms with Crippen LogP contribution in [0.3, 0.4) is 0 Å². The van der Waals surface area contributed by atoms with Gasteiger partial charge in [0.25, 0.3) is 0 Å². The zero-order chi connectivity index (χ0) is 19.6. The number of pyridine rings is 1. The molecule has 0 amide bonds. The van der Waals surface area contributed by atoms with Crippen molar-refractivity contribution in [3.8, 4) is 0 Å². The molecule has 4 nitrogen and oxygen atoms in total. The van der Waals surface area contributed by atoms with Crippen LogP contribution in [-0.4, -0.2) is 18.7 Å². The Morgan fingerprint density at radius 2 is 1.38 bits per heavy atom. The summed E-state index contributed by atoms with van der Waals surface area (Å²) in [5, 5.41) is 0. The summed E-state index contributed by atoms with van der Waals surface area (Å²) in [6, 6.07) is 33.8. The molecular formula is C25H22N4. The Morgan fingerprint density at radius 1 is 0.724 bits per heavy atom. The highest BCUT2D eigenvalue weighted by Gasteiger charge is 2.25. The monoisotopic (exact) mass is 378 g/mol. The Hall–Kier alpha value is -3.79. The summed E-state index contributed by atoms with van der Waals surface area (Å²) in [5.74, 6) is 1.01. The van der Waals surface area contributed by atoms with Crippen LogP contribution >= 0.6 is 0 Å². The normalized spacial score (nSPS) is 12.7. The number of aromatic nitrogens is 1. The molecule has 1 aliphatic rings. The molecule has 0 aliphatic carbocycles. The van der Waals surface area contributed by atoms with Crippen molar-refractivity contribution in [1.82, 2.24) is 4.98 Å². The molecular weight excluding hydrogens is 356 g/mol. The lowest BCUT2D eigenvalue weighted by Crippen LogP contribution is -2.24. The molecule has 4 heteroatoms. The van der Waals surface area contributed by atoms with E-state index in [1.54, 1.807) is 0 Å². The maximum Gasteiger partial charge on any atom is 0.153 e. The molecule has 0 fully saturated rings. The van der Waals surface area contributed by atoms with Gasteiger partial charge in [-0.1, -0.05) is 42.5 Å². The van der Waals surface area contributed by atoms with Gasteiger partial charge in [-0.05, 0) is 54.6 Å². The lowest BCUT2D eigenvalue weighted by Gasteiger charge is -2.27. The lowest BCUT2D eigenvalue weighted by atomic mass is 10.1. The summed E-state index contributed by atoms with van der Waals surface area (Å²) in [7, 11) is 2.08. The van der Waals surface area contributed by atoms with Crippen molar-refractivity contribution >= 4 is 34.3 Å². The van der Waals surface area contributed by atoms with E-state index in [9.17, 15) is 0 Å². The predicted octanol–water partition coefficient (Wildman–Crippen LogP) is 6.10. The molecule has 0 spiro atoms. The first-order chi connectivity index (χ1) is 14.3. The number of hydrogen-bond acceptors (Lipinski definition) is 4. The molecule has 0 saturated heterocycles. The zero-order valence-corrected chi connectivity index (χ0v) is 16.3. The third-order valence-corrected chi connectivity index (χ3v) is 5.20. The van der Waals surface area contributed by atoms with Crippen LogP contribution in [0.25, 0.3) is 0 Å². The molecule has 2 heterocycles. The highest BCUT2D eigenvalue weighted by molar-refractivity contribution is 5.83. The van der Waals surface area contributed by atoms with Gasteiger partial charge >= 0.3 is 0 Å². The fourth-order valence-corrected chi connectivity index (χ4v) is 3.87. The van der Waals surface area contributed by atoms with Crippen LogP contribution in [0, 0.1) is 0 Å². The molecule has 0 unspecified atom stereocenters. The van der Waals surface area contributed by atoms with Gasteiger partial charge in [0, 0.05) is 36.0 Å². The van der Waals surface area contributed by atoms with Crippen molar-refractivity contribution < 1.29 is 0 Å². The molecule has 3 aromatic carbocycles. The Morgan fingerprint density at radius 3 is 2.07 bits per heavy atom. The predicted molar refractivity (Wildman–Crippen MR) is 121 cm³/mol. The third-order valence-electron chi connectivity index (χ3n) is 5.20. The molecule has 4 aromatic rings. The number of fused-ring (bicyclic) bond motifs is 1. The van der Waals surface area contributed by atoms with Gasteiger partial charge in [0.15, 0.2) is 5.82 Å². The van der Waals surface area contributed by atoms with Crippen LogP contribution in [0.2, 0.25) is 0 Å². The minimum absolute atomic E-state index is 0.784. The average Bonchev–Trinajstić information content (AvgIpc) is 3.13. The van der Waals surface area contributed by atoms with E-state index < -0.39 is 0 Å². The number of benzene rings is 3. The maximum absolute atomic E-state index is 4.54. The van der Waals surface area contributed by atoms with Gasteiger partial charge < -0.3 is 14.7 Å². The lowest BCUT2D eigenvalue weighted by molar-refractivity contribution is 0.938. The van der Waals surface area contributed by atoms with Crippen molar-refractivity contribution in [3.63, 3.8) is 0 Å². The second-order valence-corrected chi connectivity index (χ2v) is 7.14. The van der Waals surface area contributed by atoms with E-state index in [2.05, 4.69) is 106 Å². The standard InChI is InChI=1S/C25H22N4/c1-27-19-28(24-16-9-17-26-25(24)27)22-14-8-15-23(18-22)29(20-10-4-2-5-11-20)21-12-6-3-7-13-21/h2-18H,19H2,1H3. The second-order valence-electron chi connectivity index (χ2n) is 7.14. The van der Waals surface area contributed by atoms with E-state index in [1.165, 1.54) is 0 Å². The Kier molecular flexibility index (Phi) is 4.37. The first-order valence-electron chi connectivity index (χ1n) is 9.75. The van der Waals surface area contributed by atoms with E-state index in [0.29, 0.717) is 0 Å². The van der Waals surface area contributed by atoms with Crippen LogP contribution in [-0.2, 0) is 0 Å². The summed E-state index contributed by atoms with van der Waals surface area (Å²) in [4.78, 5) is 11.3. The SMILES string of the molecule is CN1CN(c2cccc(N(c3ccccc3)c3ccccc3)c2)c2cccnc21. The highest BCUT2D eigenvalue weighted by Crippen LogP contribution is 2.41. The van der Waals surface area contributed by atoms with Crippen molar-refractivity contribution in [3.05, 3.63) is 103 Å². The molecule has 29 heavy (non-hydrogen) atoms. The van der Waals surface area contributed by atoms with E-state index in [0.717, 1.165) is 40.9 Å². The summed E-state index contributed by atoms with van der Waals surface area (Å²) in [6.07, 6.45) is 1.85. The summed E-state index contributed by atoms with van der Waals surface area (Å²) in [5.41, 5.74) is 5.68.